The molecule has 23 heavy (non-hydrogen) atoms. The third-order valence-electron chi connectivity index (χ3n) is 5.67. The molecule has 2 heterocycles. The second kappa shape index (κ2) is 5.94. The van der Waals surface area contributed by atoms with Gasteiger partial charge in [-0.25, -0.2) is 8.78 Å². The number of halogens is 2. The average Bonchev–Trinajstić information content (AvgIpc) is 2.76. The van der Waals surface area contributed by atoms with Gasteiger partial charge in [-0.2, -0.15) is 22.3 Å². The van der Waals surface area contributed by atoms with Crippen molar-refractivity contribution in [3.63, 3.8) is 0 Å². The SMILES string of the molecule is N#CC12CCCCCC1CN(S(=O)(=O)N1CCC(F)(F)CC1)C2. The topological polar surface area (TPSA) is 64.4 Å². The number of hydrogen-bond donors (Lipinski definition) is 0. The van der Waals surface area contributed by atoms with Crippen LogP contribution in [0.15, 0.2) is 0 Å². The van der Waals surface area contributed by atoms with Crippen molar-refractivity contribution in [1.29, 1.82) is 5.26 Å². The molecule has 2 aliphatic heterocycles. The van der Waals surface area contributed by atoms with Crippen LogP contribution in [0, 0.1) is 22.7 Å². The zero-order chi connectivity index (χ0) is 16.7. The van der Waals surface area contributed by atoms with E-state index in [4.69, 9.17) is 0 Å². The smallest absolute Gasteiger partial charge is 0.207 e. The highest BCUT2D eigenvalue weighted by molar-refractivity contribution is 7.86. The molecule has 1 aliphatic carbocycles. The number of fused-ring (bicyclic) bond motifs is 1. The fourth-order valence-corrected chi connectivity index (χ4v) is 5.89. The van der Waals surface area contributed by atoms with Crippen molar-refractivity contribution in [3.05, 3.63) is 0 Å². The van der Waals surface area contributed by atoms with Crippen molar-refractivity contribution in [2.24, 2.45) is 11.3 Å². The first-order valence-corrected chi connectivity index (χ1v) is 9.73. The molecule has 8 heteroatoms. The predicted octanol–water partition coefficient (Wildman–Crippen LogP) is 2.37. The maximum atomic E-state index is 13.3. The van der Waals surface area contributed by atoms with Gasteiger partial charge in [-0.3, -0.25) is 0 Å². The van der Waals surface area contributed by atoms with Gasteiger partial charge in [0.2, 0.25) is 0 Å². The fourth-order valence-electron chi connectivity index (χ4n) is 4.15. The summed E-state index contributed by atoms with van der Waals surface area (Å²) in [6.07, 6.45) is 3.83. The van der Waals surface area contributed by atoms with Crippen molar-refractivity contribution in [2.45, 2.75) is 50.9 Å². The van der Waals surface area contributed by atoms with Gasteiger partial charge >= 0.3 is 0 Å². The van der Waals surface area contributed by atoms with Crippen molar-refractivity contribution in [1.82, 2.24) is 8.61 Å². The Morgan fingerprint density at radius 3 is 2.39 bits per heavy atom. The normalized spacial score (nSPS) is 36.1. The van der Waals surface area contributed by atoms with E-state index < -0.39 is 34.4 Å². The maximum Gasteiger partial charge on any atom is 0.282 e. The van der Waals surface area contributed by atoms with E-state index in [0.717, 1.165) is 32.1 Å². The molecule has 2 unspecified atom stereocenters. The molecule has 0 aromatic carbocycles. The molecule has 0 aromatic rings. The van der Waals surface area contributed by atoms with Crippen molar-refractivity contribution in [3.8, 4) is 6.07 Å². The zero-order valence-electron chi connectivity index (χ0n) is 13.2. The van der Waals surface area contributed by atoms with E-state index in [9.17, 15) is 22.5 Å². The second-order valence-electron chi connectivity index (χ2n) is 7.12. The number of nitrogens with zero attached hydrogens (tertiary/aromatic N) is 3. The first-order valence-electron chi connectivity index (χ1n) is 8.33. The van der Waals surface area contributed by atoms with E-state index in [1.54, 1.807) is 0 Å². The second-order valence-corrected chi connectivity index (χ2v) is 9.05. The summed E-state index contributed by atoms with van der Waals surface area (Å²) in [5.74, 6) is -2.70. The molecule has 0 bridgehead atoms. The molecular weight excluding hydrogens is 324 g/mol. The quantitative estimate of drug-likeness (QED) is 0.770. The van der Waals surface area contributed by atoms with Gasteiger partial charge in [-0.1, -0.05) is 19.3 Å². The van der Waals surface area contributed by atoms with Crippen LogP contribution in [-0.4, -0.2) is 49.1 Å². The van der Waals surface area contributed by atoms with Crippen LogP contribution in [-0.2, 0) is 10.2 Å². The molecule has 1 saturated carbocycles. The highest BCUT2D eigenvalue weighted by Gasteiger charge is 2.52. The Kier molecular flexibility index (Phi) is 4.40. The Morgan fingerprint density at radius 1 is 1.04 bits per heavy atom. The van der Waals surface area contributed by atoms with E-state index in [2.05, 4.69) is 6.07 Å². The highest BCUT2D eigenvalue weighted by Crippen LogP contribution is 2.46. The van der Waals surface area contributed by atoms with E-state index >= 15 is 0 Å². The number of nitriles is 1. The fraction of sp³-hybridized carbons (Fsp3) is 0.933. The predicted molar refractivity (Wildman–Crippen MR) is 80.9 cm³/mol. The van der Waals surface area contributed by atoms with Crippen LogP contribution in [0.5, 0.6) is 0 Å². The lowest BCUT2D eigenvalue weighted by Crippen LogP contribution is -2.49. The van der Waals surface area contributed by atoms with Crippen LogP contribution >= 0.6 is 0 Å². The minimum absolute atomic E-state index is 0.0657. The molecule has 0 radical (unpaired) electrons. The lowest BCUT2D eigenvalue weighted by Gasteiger charge is -2.33. The Bertz CT molecular complexity index is 594. The molecule has 0 N–H and O–H groups in total. The largest absolute Gasteiger partial charge is 0.282 e. The monoisotopic (exact) mass is 347 g/mol. The summed E-state index contributed by atoms with van der Waals surface area (Å²) in [6, 6.07) is 2.39. The van der Waals surface area contributed by atoms with E-state index in [1.807, 2.05) is 0 Å². The molecule has 2 saturated heterocycles. The number of alkyl halides is 2. The lowest BCUT2D eigenvalue weighted by molar-refractivity contribution is -0.0418. The summed E-state index contributed by atoms with van der Waals surface area (Å²) >= 11 is 0. The van der Waals surface area contributed by atoms with Gasteiger partial charge in [0, 0.05) is 39.0 Å². The highest BCUT2D eigenvalue weighted by atomic mass is 32.2. The molecule has 3 fully saturated rings. The first kappa shape index (κ1) is 17.1. The molecule has 0 amide bonds. The first-order chi connectivity index (χ1) is 10.8. The van der Waals surface area contributed by atoms with E-state index in [1.165, 1.54) is 8.61 Å². The van der Waals surface area contributed by atoms with Gasteiger partial charge in [-0.05, 0) is 18.8 Å². The Labute approximate surface area is 136 Å². The van der Waals surface area contributed by atoms with E-state index in [-0.39, 0.29) is 25.6 Å². The van der Waals surface area contributed by atoms with Crippen LogP contribution in [0.3, 0.4) is 0 Å². The number of hydrogen-bond acceptors (Lipinski definition) is 3. The van der Waals surface area contributed by atoms with Crippen LogP contribution in [0.2, 0.25) is 0 Å². The molecule has 130 valence electrons. The Balaban J connectivity index is 1.76. The van der Waals surface area contributed by atoms with Crippen LogP contribution in [0.4, 0.5) is 8.78 Å². The maximum absolute atomic E-state index is 13.3. The average molecular weight is 347 g/mol. The summed E-state index contributed by atoms with van der Waals surface area (Å²) in [4.78, 5) is 0. The number of rotatable bonds is 2. The van der Waals surface area contributed by atoms with Gasteiger partial charge in [0.1, 0.15) is 0 Å². The summed E-state index contributed by atoms with van der Waals surface area (Å²) in [5.41, 5.74) is -0.594. The molecule has 5 nitrogen and oxygen atoms in total. The van der Waals surface area contributed by atoms with Crippen molar-refractivity contribution in [2.75, 3.05) is 26.2 Å². The zero-order valence-corrected chi connectivity index (χ0v) is 14.0. The molecular formula is C15H23F2N3O2S. The summed E-state index contributed by atoms with van der Waals surface area (Å²) < 4.78 is 54.6. The van der Waals surface area contributed by atoms with Crippen molar-refractivity contribution >= 4 is 10.2 Å². The van der Waals surface area contributed by atoms with Gasteiger partial charge in [0.05, 0.1) is 11.5 Å². The Morgan fingerprint density at radius 2 is 1.74 bits per heavy atom. The standard InChI is InChI=1S/C15H23F2N3O2S/c16-15(17)6-8-19(9-7-15)23(21,22)20-10-13-4-2-1-3-5-14(13,11-18)12-20/h13H,1-10,12H2. The third kappa shape index (κ3) is 3.11. The summed E-state index contributed by atoms with van der Waals surface area (Å²) in [7, 11) is -3.75. The molecule has 0 spiro atoms. The van der Waals surface area contributed by atoms with Gasteiger partial charge in [0.25, 0.3) is 16.1 Å². The summed E-state index contributed by atoms with van der Waals surface area (Å²) in [6.45, 7) is 0.276. The molecule has 2 atom stereocenters. The van der Waals surface area contributed by atoms with Crippen LogP contribution < -0.4 is 0 Å². The molecule has 3 rings (SSSR count). The third-order valence-corrected chi connectivity index (χ3v) is 7.62. The summed E-state index contributed by atoms with van der Waals surface area (Å²) in [5, 5.41) is 9.66. The van der Waals surface area contributed by atoms with Gasteiger partial charge in [-0.15, -0.1) is 0 Å². The van der Waals surface area contributed by atoms with E-state index in [0.29, 0.717) is 6.54 Å². The van der Waals surface area contributed by atoms with Gasteiger partial charge in [0.15, 0.2) is 0 Å². The van der Waals surface area contributed by atoms with Gasteiger partial charge < -0.3 is 0 Å². The molecule has 0 aromatic heterocycles. The minimum Gasteiger partial charge on any atom is -0.207 e. The lowest BCUT2D eigenvalue weighted by atomic mass is 9.76. The minimum atomic E-state index is -3.75. The number of piperidine rings is 1. The van der Waals surface area contributed by atoms with Crippen LogP contribution in [0.1, 0.15) is 44.9 Å². The molecule has 3 aliphatic rings. The Hall–Kier alpha value is -0.780. The van der Waals surface area contributed by atoms with Crippen LogP contribution in [0.25, 0.3) is 0 Å². The van der Waals surface area contributed by atoms with Crippen molar-refractivity contribution < 1.29 is 17.2 Å².